The van der Waals surface area contributed by atoms with E-state index in [9.17, 15) is 13.0 Å². The van der Waals surface area contributed by atoms with E-state index in [2.05, 4.69) is 34.6 Å². The highest BCUT2D eigenvalue weighted by molar-refractivity contribution is 7.85. The maximum atomic E-state index is 11.3. The van der Waals surface area contributed by atoms with E-state index in [0.717, 1.165) is 18.4 Å². The molecule has 0 amide bonds. The molecular formula is C34H66NO3S+. The van der Waals surface area contributed by atoms with E-state index in [4.69, 9.17) is 0 Å². The first-order chi connectivity index (χ1) is 18.8. The molecule has 39 heavy (non-hydrogen) atoms. The summed E-state index contributed by atoms with van der Waals surface area (Å²) in [5.41, 5.74) is 0.726. The molecule has 5 heteroatoms. The van der Waals surface area contributed by atoms with Crippen molar-refractivity contribution >= 4 is 10.1 Å². The van der Waals surface area contributed by atoms with Crippen molar-refractivity contribution in [1.29, 1.82) is 0 Å². The van der Waals surface area contributed by atoms with Crippen LogP contribution in [0.3, 0.4) is 0 Å². The van der Waals surface area contributed by atoms with Crippen molar-refractivity contribution in [3.8, 4) is 0 Å². The second kappa shape index (κ2) is 24.9. The van der Waals surface area contributed by atoms with E-state index in [1.807, 2.05) is 6.07 Å². The van der Waals surface area contributed by atoms with Crippen molar-refractivity contribution in [2.75, 3.05) is 26.2 Å². The van der Waals surface area contributed by atoms with Gasteiger partial charge in [0.1, 0.15) is 0 Å². The van der Waals surface area contributed by atoms with Gasteiger partial charge in [-0.1, -0.05) is 136 Å². The molecule has 0 saturated carbocycles. The Morgan fingerprint density at radius 2 is 0.897 bits per heavy atom. The van der Waals surface area contributed by atoms with Crippen molar-refractivity contribution in [2.45, 2.75) is 162 Å². The second-order valence-corrected chi connectivity index (χ2v) is 13.1. The van der Waals surface area contributed by atoms with Crippen LogP contribution in [-0.4, -0.2) is 43.6 Å². The van der Waals surface area contributed by atoms with Gasteiger partial charge in [0.2, 0.25) is 0 Å². The van der Waals surface area contributed by atoms with Crippen LogP contribution in [0.2, 0.25) is 0 Å². The lowest BCUT2D eigenvalue weighted by atomic mass is 10.0. The molecule has 0 heterocycles. The van der Waals surface area contributed by atoms with E-state index in [-0.39, 0.29) is 4.90 Å². The molecule has 1 aromatic carbocycles. The number of rotatable bonds is 24. The molecule has 0 fully saturated rings. The van der Waals surface area contributed by atoms with E-state index >= 15 is 0 Å². The van der Waals surface area contributed by atoms with Gasteiger partial charge in [-0.3, -0.25) is 4.55 Å². The Morgan fingerprint density at radius 3 is 1.28 bits per heavy atom. The van der Waals surface area contributed by atoms with E-state index < -0.39 is 10.1 Å². The Morgan fingerprint density at radius 1 is 0.538 bits per heavy atom. The van der Waals surface area contributed by atoms with Crippen molar-refractivity contribution in [2.24, 2.45) is 0 Å². The molecule has 0 spiro atoms. The second-order valence-electron chi connectivity index (χ2n) is 11.7. The number of nitrogens with zero attached hydrogens (tertiary/aromatic N) is 1. The average Bonchev–Trinajstić information content (AvgIpc) is 2.93. The monoisotopic (exact) mass is 568 g/mol. The minimum Gasteiger partial charge on any atom is -0.324 e. The van der Waals surface area contributed by atoms with E-state index in [0.29, 0.717) is 6.42 Å². The van der Waals surface area contributed by atoms with Crippen LogP contribution >= 0.6 is 0 Å². The molecule has 1 aromatic rings. The summed E-state index contributed by atoms with van der Waals surface area (Å²) in [6, 6.07) is 6.73. The predicted octanol–water partition coefficient (Wildman–Crippen LogP) is 10.4. The van der Waals surface area contributed by atoms with Crippen LogP contribution in [0.1, 0.15) is 156 Å². The summed E-state index contributed by atoms with van der Waals surface area (Å²) >= 11 is 0. The molecule has 0 aromatic heterocycles. The van der Waals surface area contributed by atoms with Crippen LogP contribution in [0.4, 0.5) is 0 Å². The van der Waals surface area contributed by atoms with Crippen molar-refractivity contribution < 1.29 is 17.5 Å². The summed E-state index contributed by atoms with van der Waals surface area (Å²) in [7, 11) is -4.10. The molecule has 1 rings (SSSR count). The summed E-state index contributed by atoms with van der Waals surface area (Å²) in [5.74, 6) is 0. The number of hydrogen-bond donors (Lipinski definition) is 1. The molecule has 0 aliphatic heterocycles. The number of benzene rings is 1. The van der Waals surface area contributed by atoms with Crippen LogP contribution in [0.5, 0.6) is 0 Å². The van der Waals surface area contributed by atoms with Gasteiger partial charge in [-0.05, 0) is 50.2 Å². The third kappa shape index (κ3) is 19.7. The summed E-state index contributed by atoms with van der Waals surface area (Å²) in [6.45, 7) is 17.3. The zero-order valence-corrected chi connectivity index (χ0v) is 27.5. The highest BCUT2D eigenvalue weighted by Crippen LogP contribution is 2.19. The van der Waals surface area contributed by atoms with Gasteiger partial charge in [-0.25, -0.2) is 0 Å². The summed E-state index contributed by atoms with van der Waals surface area (Å²) < 4.78 is 33.2. The van der Waals surface area contributed by atoms with Gasteiger partial charge in [-0.15, -0.1) is 0 Å². The smallest absolute Gasteiger partial charge is 0.294 e. The largest absolute Gasteiger partial charge is 0.324 e. The van der Waals surface area contributed by atoms with Gasteiger partial charge >= 0.3 is 0 Å². The molecule has 0 unspecified atom stereocenters. The first kappa shape index (κ1) is 38.1. The Kier molecular flexibility index (Phi) is 24.3. The minimum atomic E-state index is -4.10. The Balaban J connectivity index is 0.000000768. The van der Waals surface area contributed by atoms with Crippen molar-refractivity contribution in [1.82, 2.24) is 0 Å². The fourth-order valence-corrected chi connectivity index (χ4v) is 6.16. The summed E-state index contributed by atoms with van der Waals surface area (Å²) in [4.78, 5) is 0.0610. The van der Waals surface area contributed by atoms with Gasteiger partial charge in [-0.2, -0.15) is 8.42 Å². The first-order valence-corrected chi connectivity index (χ1v) is 18.1. The fraction of sp³-hybridized carbons (Fsp3) is 0.824. The topological polar surface area (TPSA) is 54.4 Å². The first-order valence-electron chi connectivity index (χ1n) is 16.7. The number of aryl methyl sites for hydroxylation is 1. The predicted molar refractivity (Wildman–Crippen MR) is 171 cm³/mol. The van der Waals surface area contributed by atoms with Crippen LogP contribution in [0.15, 0.2) is 29.2 Å². The molecule has 0 aliphatic carbocycles. The van der Waals surface area contributed by atoms with E-state index in [1.165, 1.54) is 139 Å². The Bertz CT molecular complexity index is 741. The average molecular weight is 569 g/mol. The van der Waals surface area contributed by atoms with Gasteiger partial charge in [0.05, 0.1) is 31.1 Å². The highest BCUT2D eigenvalue weighted by Gasteiger charge is 2.24. The third-order valence-electron chi connectivity index (χ3n) is 7.99. The maximum absolute atomic E-state index is 11.3. The number of unbranched alkanes of at least 4 members (excludes halogenated alkanes) is 13. The molecule has 4 nitrogen and oxygen atoms in total. The zero-order valence-electron chi connectivity index (χ0n) is 26.7. The standard InChI is InChI=1S/C18H30O3S.C16H36N/c1-2-3-4-5-6-7-8-9-10-11-14-17-15-12-13-16-18(17)22(19,20)21;1-5-9-13-17(14-10-6-2,15-11-7-3)16-12-8-4/h12-13,15-16H,2-11,14H2,1H3,(H,19,20,21);5-16H2,1-4H3/q;+1. The fourth-order valence-electron chi connectivity index (χ4n) is 5.41. The lowest BCUT2D eigenvalue weighted by molar-refractivity contribution is -0.929. The van der Waals surface area contributed by atoms with Gasteiger partial charge in [0.15, 0.2) is 0 Å². The molecule has 0 radical (unpaired) electrons. The molecule has 0 bridgehead atoms. The molecular weight excluding hydrogens is 502 g/mol. The molecule has 230 valence electrons. The summed E-state index contributed by atoms with van der Waals surface area (Å²) in [6.07, 6.45) is 24.4. The zero-order chi connectivity index (χ0) is 29.2. The number of quaternary nitrogens is 1. The van der Waals surface area contributed by atoms with E-state index in [1.54, 1.807) is 12.1 Å². The van der Waals surface area contributed by atoms with Crippen molar-refractivity contribution in [3.05, 3.63) is 29.8 Å². The van der Waals surface area contributed by atoms with Gasteiger partial charge < -0.3 is 4.48 Å². The third-order valence-corrected chi connectivity index (χ3v) is 8.95. The van der Waals surface area contributed by atoms with Crippen LogP contribution in [-0.2, 0) is 16.5 Å². The van der Waals surface area contributed by atoms with Gasteiger partial charge in [0.25, 0.3) is 10.1 Å². The highest BCUT2D eigenvalue weighted by atomic mass is 32.2. The SMILES string of the molecule is CCCCCCCCCCCCc1ccccc1S(=O)(=O)O.CCCC[N+](CCCC)(CCCC)CCCC. The Hall–Kier alpha value is -0.910. The molecule has 1 N–H and O–H groups in total. The van der Waals surface area contributed by atoms with Crippen LogP contribution in [0.25, 0.3) is 0 Å². The van der Waals surface area contributed by atoms with Crippen LogP contribution in [0, 0.1) is 0 Å². The molecule has 0 saturated heterocycles. The lowest BCUT2D eigenvalue weighted by Crippen LogP contribution is -2.50. The minimum absolute atomic E-state index is 0.0610. The quantitative estimate of drug-likeness (QED) is 0.0766. The van der Waals surface area contributed by atoms with Gasteiger partial charge in [0, 0.05) is 0 Å². The molecule has 0 aliphatic rings. The van der Waals surface area contributed by atoms with Crippen molar-refractivity contribution in [3.63, 3.8) is 0 Å². The normalized spacial score (nSPS) is 11.8. The maximum Gasteiger partial charge on any atom is 0.294 e. The Labute approximate surface area is 244 Å². The van der Waals surface area contributed by atoms with Crippen LogP contribution < -0.4 is 0 Å². The summed E-state index contributed by atoms with van der Waals surface area (Å²) in [5, 5.41) is 0. The number of hydrogen-bond acceptors (Lipinski definition) is 2. The lowest BCUT2D eigenvalue weighted by Gasteiger charge is -2.39. The molecule has 0 atom stereocenters.